The molecule has 0 spiro atoms. The van der Waals surface area contributed by atoms with Gasteiger partial charge in [-0.05, 0) is 54.3 Å². The molecule has 3 aromatic heterocycles. The van der Waals surface area contributed by atoms with Crippen molar-refractivity contribution in [2.45, 2.75) is 56.9 Å². The van der Waals surface area contributed by atoms with E-state index in [1.54, 1.807) is 6.20 Å². The lowest BCUT2D eigenvalue weighted by atomic mass is 9.83. The fourth-order valence-corrected chi connectivity index (χ4v) is 6.28. The highest BCUT2D eigenvalue weighted by atomic mass is 16.2. The Kier molecular flexibility index (Phi) is 7.12. The molecule has 1 aromatic carbocycles. The highest BCUT2D eigenvalue weighted by Crippen LogP contribution is 2.39. The number of amides is 1. The van der Waals surface area contributed by atoms with Crippen molar-refractivity contribution in [3.05, 3.63) is 83.9 Å². The van der Waals surface area contributed by atoms with Crippen molar-refractivity contribution in [3.8, 4) is 0 Å². The van der Waals surface area contributed by atoms with E-state index in [2.05, 4.69) is 64.5 Å². The van der Waals surface area contributed by atoms with Gasteiger partial charge in [-0.1, -0.05) is 49.2 Å². The highest BCUT2D eigenvalue weighted by molar-refractivity contribution is 6.36. The first kappa shape index (κ1) is 24.6. The van der Waals surface area contributed by atoms with Crippen LogP contribution in [0.3, 0.4) is 0 Å². The molecule has 2 aliphatic rings. The third-order valence-electron chi connectivity index (χ3n) is 8.39. The lowest BCUT2D eigenvalue weighted by Crippen LogP contribution is -2.42. The quantitative estimate of drug-likeness (QED) is 0.387. The number of carbonyl (C=O) groups is 1. The van der Waals surface area contributed by atoms with E-state index in [0.29, 0.717) is 24.3 Å². The molecule has 1 amide bonds. The summed E-state index contributed by atoms with van der Waals surface area (Å²) in [5.74, 6) is 2.02. The summed E-state index contributed by atoms with van der Waals surface area (Å²) in [5, 5.41) is 8.11. The predicted octanol–water partition coefficient (Wildman–Crippen LogP) is 3.67. The van der Waals surface area contributed by atoms with Gasteiger partial charge in [-0.25, -0.2) is 4.98 Å². The molecule has 6 rings (SSSR count). The number of anilines is 1. The summed E-state index contributed by atoms with van der Waals surface area (Å²) < 4.78 is 1.89. The second-order valence-electron chi connectivity index (χ2n) is 10.9. The largest absolute Gasteiger partial charge is 0.366 e. The van der Waals surface area contributed by atoms with Gasteiger partial charge in [0, 0.05) is 55.9 Å². The number of carbonyl (C=O) groups excluding carboxylic acids is 1. The van der Waals surface area contributed by atoms with Gasteiger partial charge in [0.2, 0.25) is 5.91 Å². The van der Waals surface area contributed by atoms with E-state index in [1.807, 2.05) is 29.0 Å². The maximum Gasteiger partial charge on any atom is 0.230 e. The molecule has 0 radical (unpaired) electrons. The molecular weight excluding hydrogens is 471 g/mol. The summed E-state index contributed by atoms with van der Waals surface area (Å²) in [6.45, 7) is 2.23. The number of piperidine rings is 1. The van der Waals surface area contributed by atoms with Gasteiger partial charge in [-0.2, -0.15) is 9.61 Å². The van der Waals surface area contributed by atoms with Crippen LogP contribution in [-0.2, 0) is 11.3 Å². The number of nitrogens with one attached hydrogen (secondary N) is 1. The number of likely N-dealkylation sites (tertiary alicyclic amines) is 1. The summed E-state index contributed by atoms with van der Waals surface area (Å²) in [4.78, 5) is 25.3. The van der Waals surface area contributed by atoms with E-state index in [-0.39, 0.29) is 5.92 Å². The number of hydrogen-bond acceptors (Lipinski definition) is 5. The Morgan fingerprint density at radius 3 is 2.55 bits per heavy atom. The average Bonchev–Trinajstić information content (AvgIpc) is 3.63. The Hall–Kier alpha value is -3.68. The van der Waals surface area contributed by atoms with Gasteiger partial charge in [0.05, 0.1) is 5.92 Å². The van der Waals surface area contributed by atoms with Gasteiger partial charge < -0.3 is 10.2 Å². The van der Waals surface area contributed by atoms with E-state index in [1.165, 1.54) is 18.4 Å². The van der Waals surface area contributed by atoms with Gasteiger partial charge in [0.15, 0.2) is 5.65 Å². The molecule has 1 aliphatic heterocycles. The third kappa shape index (κ3) is 5.04. The summed E-state index contributed by atoms with van der Waals surface area (Å²) in [7, 11) is 2.05. The number of fused-ring (bicyclic) bond motifs is 1. The van der Waals surface area contributed by atoms with Crippen molar-refractivity contribution in [2.75, 3.05) is 18.4 Å². The molecule has 38 heavy (non-hydrogen) atoms. The Morgan fingerprint density at radius 1 is 1.03 bits per heavy atom. The second-order valence-corrected chi connectivity index (χ2v) is 10.9. The molecule has 7 nitrogen and oxygen atoms in total. The Balaban J connectivity index is 1.19. The molecule has 1 saturated heterocycles. The van der Waals surface area contributed by atoms with Crippen LogP contribution in [0.25, 0.3) is 5.65 Å². The van der Waals surface area contributed by atoms with Crippen LogP contribution < -0.4 is 10.8 Å². The minimum Gasteiger partial charge on any atom is -0.366 e. The normalized spacial score (nSPS) is 17.6. The van der Waals surface area contributed by atoms with Gasteiger partial charge in [-0.3, -0.25) is 9.78 Å². The van der Waals surface area contributed by atoms with Crippen molar-refractivity contribution in [1.29, 1.82) is 0 Å². The highest BCUT2D eigenvalue weighted by Gasteiger charge is 2.36. The van der Waals surface area contributed by atoms with Crippen LogP contribution in [0.15, 0.2) is 67.1 Å². The molecule has 4 aromatic rings. The molecule has 4 heterocycles. The first-order valence-electron chi connectivity index (χ1n) is 14.0. The minimum atomic E-state index is -0.0116. The van der Waals surface area contributed by atoms with Crippen LogP contribution >= 0.6 is 0 Å². The molecule has 1 N–H and O–H groups in total. The standard InChI is InChI=1S/C30H35BN6O/c31-25-20-34-37-27(33-19-21-7-6-14-32-18-21)17-26(35-29(25)37)22-12-15-36(16-13-22)30(38)28(24-10-4-5-11-24)23-8-2-1-3-9-23/h1-3,6-9,14,17-18,20,22,24,28,33H,4-5,10-13,15-16,19,31H2. The molecule has 2 fully saturated rings. The molecule has 1 aliphatic carbocycles. The Bertz CT molecular complexity index is 1380. The molecule has 0 bridgehead atoms. The van der Waals surface area contributed by atoms with E-state index in [0.717, 1.165) is 67.0 Å². The maximum absolute atomic E-state index is 13.9. The molecule has 1 atom stereocenters. The number of pyridine rings is 1. The zero-order valence-corrected chi connectivity index (χ0v) is 22.1. The van der Waals surface area contributed by atoms with Gasteiger partial charge in [0.1, 0.15) is 13.7 Å². The van der Waals surface area contributed by atoms with E-state index in [4.69, 9.17) is 4.98 Å². The zero-order chi connectivity index (χ0) is 25.9. The Morgan fingerprint density at radius 2 is 1.82 bits per heavy atom. The van der Waals surface area contributed by atoms with Crippen molar-refractivity contribution in [1.82, 2.24) is 24.5 Å². The van der Waals surface area contributed by atoms with Crippen LogP contribution in [0.5, 0.6) is 0 Å². The number of benzene rings is 1. The average molecular weight is 506 g/mol. The lowest BCUT2D eigenvalue weighted by molar-refractivity contribution is -0.135. The van der Waals surface area contributed by atoms with Gasteiger partial charge >= 0.3 is 0 Å². The zero-order valence-electron chi connectivity index (χ0n) is 22.1. The van der Waals surface area contributed by atoms with Gasteiger partial charge in [0.25, 0.3) is 0 Å². The number of aromatic nitrogens is 4. The van der Waals surface area contributed by atoms with Crippen LogP contribution in [0.2, 0.25) is 0 Å². The summed E-state index contributed by atoms with van der Waals surface area (Å²) in [6, 6.07) is 16.6. The minimum absolute atomic E-state index is 0.0116. The van der Waals surface area contributed by atoms with Crippen LogP contribution in [0.4, 0.5) is 5.82 Å². The Labute approximate surface area is 225 Å². The van der Waals surface area contributed by atoms with Crippen molar-refractivity contribution < 1.29 is 4.79 Å². The lowest BCUT2D eigenvalue weighted by Gasteiger charge is -2.36. The van der Waals surface area contributed by atoms with Crippen LogP contribution in [-0.4, -0.2) is 51.3 Å². The van der Waals surface area contributed by atoms with E-state index in [9.17, 15) is 4.79 Å². The molecular formula is C30H35BN6O. The predicted molar refractivity (Wildman–Crippen MR) is 152 cm³/mol. The first-order valence-corrected chi connectivity index (χ1v) is 14.0. The SMILES string of the molecule is Bc1cnn2c(NCc3cccnc3)cc(C3CCN(C(=O)C(c4ccccc4)C4CCCC4)CC3)nc12. The fourth-order valence-electron chi connectivity index (χ4n) is 6.28. The maximum atomic E-state index is 13.9. The molecule has 194 valence electrons. The van der Waals surface area contributed by atoms with Crippen molar-refractivity contribution in [3.63, 3.8) is 0 Å². The topological polar surface area (TPSA) is 75.4 Å². The van der Waals surface area contributed by atoms with E-state index >= 15 is 0 Å². The number of hydrogen-bond donors (Lipinski definition) is 1. The first-order chi connectivity index (χ1) is 18.7. The van der Waals surface area contributed by atoms with Crippen LogP contribution in [0.1, 0.15) is 67.2 Å². The summed E-state index contributed by atoms with van der Waals surface area (Å²) >= 11 is 0. The third-order valence-corrected chi connectivity index (χ3v) is 8.39. The fraction of sp³-hybridized carbons (Fsp3) is 0.400. The van der Waals surface area contributed by atoms with Crippen LogP contribution in [0, 0.1) is 5.92 Å². The smallest absolute Gasteiger partial charge is 0.230 e. The van der Waals surface area contributed by atoms with Crippen molar-refractivity contribution >= 4 is 30.7 Å². The van der Waals surface area contributed by atoms with Gasteiger partial charge in [-0.15, -0.1) is 0 Å². The number of rotatable bonds is 7. The monoisotopic (exact) mass is 506 g/mol. The number of nitrogens with zero attached hydrogens (tertiary/aromatic N) is 5. The molecule has 1 saturated carbocycles. The van der Waals surface area contributed by atoms with Crippen molar-refractivity contribution in [2.24, 2.45) is 5.92 Å². The van der Waals surface area contributed by atoms with E-state index < -0.39 is 0 Å². The second kappa shape index (κ2) is 11.0. The summed E-state index contributed by atoms with van der Waals surface area (Å²) in [5.41, 5.74) is 5.33. The summed E-state index contributed by atoms with van der Waals surface area (Å²) in [6.07, 6.45) is 12.2. The molecule has 1 unspecified atom stereocenters. The molecule has 8 heteroatoms.